The molecule has 0 heterocycles. The van der Waals surface area contributed by atoms with Crippen molar-refractivity contribution in [1.29, 1.82) is 0 Å². The number of ether oxygens (including phenoxy) is 1. The van der Waals surface area contributed by atoms with E-state index in [0.717, 1.165) is 50.0 Å². The van der Waals surface area contributed by atoms with Crippen LogP contribution in [0.5, 0.6) is 5.75 Å². The first-order valence-electron chi connectivity index (χ1n) is 7.87. The van der Waals surface area contributed by atoms with Crippen LogP contribution in [0.15, 0.2) is 24.3 Å². The minimum Gasteiger partial charge on any atom is -0.493 e. The number of rotatable bonds is 6. The Morgan fingerprint density at radius 3 is 2.60 bits per heavy atom. The van der Waals surface area contributed by atoms with Crippen LogP contribution < -0.4 is 10.1 Å². The van der Waals surface area contributed by atoms with Gasteiger partial charge in [0.1, 0.15) is 5.75 Å². The monoisotopic (exact) mass is 277 g/mol. The van der Waals surface area contributed by atoms with Crippen LogP contribution in [0.4, 0.5) is 0 Å². The highest BCUT2D eigenvalue weighted by atomic mass is 16.5. The Balaban J connectivity index is 2.05. The number of hydrogen-bond acceptors (Lipinski definition) is 3. The zero-order chi connectivity index (χ0) is 14.4. The van der Waals surface area contributed by atoms with Crippen molar-refractivity contribution in [3.05, 3.63) is 29.8 Å². The summed E-state index contributed by atoms with van der Waals surface area (Å²) in [5, 5.41) is 14.5. The SMILES string of the molecule is CCCNC1CCC(O)(c2ccccc2OCC)CC1. The maximum Gasteiger partial charge on any atom is 0.125 e. The van der Waals surface area contributed by atoms with E-state index in [2.05, 4.69) is 12.2 Å². The summed E-state index contributed by atoms with van der Waals surface area (Å²) in [5.41, 5.74) is 0.228. The number of para-hydroxylation sites is 1. The van der Waals surface area contributed by atoms with E-state index in [0.29, 0.717) is 12.6 Å². The van der Waals surface area contributed by atoms with Crippen molar-refractivity contribution in [3.8, 4) is 5.75 Å². The summed E-state index contributed by atoms with van der Waals surface area (Å²) in [6.07, 6.45) is 4.82. The summed E-state index contributed by atoms with van der Waals surface area (Å²) < 4.78 is 5.67. The first-order valence-corrected chi connectivity index (χ1v) is 7.87. The van der Waals surface area contributed by atoms with E-state index in [-0.39, 0.29) is 0 Å². The molecule has 0 aromatic heterocycles. The van der Waals surface area contributed by atoms with E-state index >= 15 is 0 Å². The lowest BCUT2D eigenvalue weighted by Gasteiger charge is -2.37. The van der Waals surface area contributed by atoms with Crippen LogP contribution in [0.1, 0.15) is 51.5 Å². The van der Waals surface area contributed by atoms with E-state index in [9.17, 15) is 5.11 Å². The van der Waals surface area contributed by atoms with Crippen molar-refractivity contribution in [3.63, 3.8) is 0 Å². The van der Waals surface area contributed by atoms with Gasteiger partial charge in [0, 0.05) is 11.6 Å². The van der Waals surface area contributed by atoms with Crippen molar-refractivity contribution >= 4 is 0 Å². The molecule has 1 aliphatic rings. The van der Waals surface area contributed by atoms with Gasteiger partial charge in [-0.25, -0.2) is 0 Å². The van der Waals surface area contributed by atoms with E-state index in [1.807, 2.05) is 31.2 Å². The molecule has 1 aromatic carbocycles. The van der Waals surface area contributed by atoms with Crippen molar-refractivity contribution in [2.45, 2.75) is 57.6 Å². The third kappa shape index (κ3) is 3.53. The quantitative estimate of drug-likeness (QED) is 0.839. The molecule has 2 rings (SSSR count). The van der Waals surface area contributed by atoms with Crippen molar-refractivity contribution in [1.82, 2.24) is 5.32 Å². The second-order valence-electron chi connectivity index (χ2n) is 5.69. The first-order chi connectivity index (χ1) is 9.69. The van der Waals surface area contributed by atoms with Crippen LogP contribution >= 0.6 is 0 Å². The summed E-state index contributed by atoms with van der Waals surface area (Å²) in [4.78, 5) is 0. The summed E-state index contributed by atoms with van der Waals surface area (Å²) in [5.74, 6) is 0.831. The predicted molar refractivity (Wildman–Crippen MR) is 82.1 cm³/mol. The zero-order valence-corrected chi connectivity index (χ0v) is 12.7. The molecule has 112 valence electrons. The Morgan fingerprint density at radius 1 is 1.25 bits per heavy atom. The van der Waals surface area contributed by atoms with E-state index < -0.39 is 5.60 Å². The second-order valence-corrected chi connectivity index (χ2v) is 5.69. The third-order valence-electron chi connectivity index (χ3n) is 4.18. The van der Waals surface area contributed by atoms with Crippen LogP contribution in [0.25, 0.3) is 0 Å². The van der Waals surface area contributed by atoms with Gasteiger partial charge in [0.25, 0.3) is 0 Å². The van der Waals surface area contributed by atoms with Gasteiger partial charge in [0.2, 0.25) is 0 Å². The Morgan fingerprint density at radius 2 is 1.95 bits per heavy atom. The molecular formula is C17H27NO2. The second kappa shape index (κ2) is 7.09. The highest BCUT2D eigenvalue weighted by Crippen LogP contribution is 2.41. The van der Waals surface area contributed by atoms with Gasteiger partial charge in [-0.1, -0.05) is 25.1 Å². The summed E-state index contributed by atoms with van der Waals surface area (Å²) in [6, 6.07) is 8.46. The van der Waals surface area contributed by atoms with Gasteiger partial charge in [-0.2, -0.15) is 0 Å². The lowest BCUT2D eigenvalue weighted by molar-refractivity contribution is -0.0104. The molecule has 2 N–H and O–H groups in total. The molecule has 1 aromatic rings. The molecule has 1 saturated carbocycles. The van der Waals surface area contributed by atoms with Crippen LogP contribution in [-0.2, 0) is 5.60 Å². The van der Waals surface area contributed by atoms with Crippen molar-refractivity contribution in [2.75, 3.05) is 13.2 Å². The van der Waals surface area contributed by atoms with Crippen LogP contribution in [0, 0.1) is 0 Å². The fourth-order valence-corrected chi connectivity index (χ4v) is 3.05. The molecule has 0 amide bonds. The van der Waals surface area contributed by atoms with Gasteiger partial charge < -0.3 is 15.2 Å². The summed E-state index contributed by atoms with van der Waals surface area (Å²) >= 11 is 0. The highest BCUT2D eigenvalue weighted by molar-refractivity contribution is 5.38. The molecule has 0 atom stereocenters. The molecule has 0 bridgehead atoms. The Hall–Kier alpha value is -1.06. The molecule has 0 aliphatic heterocycles. The smallest absolute Gasteiger partial charge is 0.125 e. The zero-order valence-electron chi connectivity index (χ0n) is 12.7. The van der Waals surface area contributed by atoms with Gasteiger partial charge in [-0.05, 0) is 51.6 Å². The Kier molecular flexibility index (Phi) is 5.44. The average molecular weight is 277 g/mol. The summed E-state index contributed by atoms with van der Waals surface area (Å²) in [7, 11) is 0. The fraction of sp³-hybridized carbons (Fsp3) is 0.647. The minimum atomic E-state index is -0.726. The Bertz CT molecular complexity index is 411. The molecular weight excluding hydrogens is 250 g/mol. The molecule has 1 fully saturated rings. The maximum atomic E-state index is 11.0. The van der Waals surface area contributed by atoms with Crippen molar-refractivity contribution < 1.29 is 9.84 Å². The lowest BCUT2D eigenvalue weighted by Crippen LogP contribution is -2.40. The largest absolute Gasteiger partial charge is 0.493 e. The minimum absolute atomic E-state index is 0.550. The van der Waals surface area contributed by atoms with E-state index in [1.54, 1.807) is 0 Å². The van der Waals surface area contributed by atoms with Crippen molar-refractivity contribution in [2.24, 2.45) is 0 Å². The van der Waals surface area contributed by atoms with Crippen LogP contribution in [0.2, 0.25) is 0 Å². The molecule has 0 unspecified atom stereocenters. The van der Waals surface area contributed by atoms with Gasteiger partial charge in [0.05, 0.1) is 12.2 Å². The van der Waals surface area contributed by atoms with Gasteiger partial charge in [0.15, 0.2) is 0 Å². The lowest BCUT2D eigenvalue weighted by atomic mass is 9.77. The molecule has 0 spiro atoms. The standard InChI is InChI=1S/C17H27NO2/c1-3-13-18-14-9-11-17(19,12-10-14)15-7-5-6-8-16(15)20-4-2/h5-8,14,18-19H,3-4,9-13H2,1-2H3. The number of benzene rings is 1. The number of aliphatic hydroxyl groups is 1. The van der Waals surface area contributed by atoms with Gasteiger partial charge in [-0.3, -0.25) is 0 Å². The van der Waals surface area contributed by atoms with Gasteiger partial charge >= 0.3 is 0 Å². The molecule has 1 aliphatic carbocycles. The highest BCUT2D eigenvalue weighted by Gasteiger charge is 2.36. The normalized spacial score (nSPS) is 26.4. The number of nitrogens with one attached hydrogen (secondary N) is 1. The number of hydrogen-bond donors (Lipinski definition) is 2. The maximum absolute atomic E-state index is 11.0. The Labute approximate surface area is 122 Å². The topological polar surface area (TPSA) is 41.5 Å². The molecule has 3 nitrogen and oxygen atoms in total. The molecule has 0 radical (unpaired) electrons. The molecule has 3 heteroatoms. The predicted octanol–water partition coefficient (Wildman–Crippen LogP) is 3.22. The van der Waals surface area contributed by atoms with E-state index in [4.69, 9.17) is 4.74 Å². The van der Waals surface area contributed by atoms with Crippen LogP contribution in [-0.4, -0.2) is 24.3 Å². The van der Waals surface area contributed by atoms with Crippen LogP contribution in [0.3, 0.4) is 0 Å². The molecule has 0 saturated heterocycles. The third-order valence-corrected chi connectivity index (χ3v) is 4.18. The fourth-order valence-electron chi connectivity index (χ4n) is 3.05. The van der Waals surface area contributed by atoms with Gasteiger partial charge in [-0.15, -0.1) is 0 Å². The average Bonchev–Trinajstić information content (AvgIpc) is 2.48. The van der Waals surface area contributed by atoms with E-state index in [1.165, 1.54) is 0 Å². The molecule has 20 heavy (non-hydrogen) atoms. The summed E-state index contributed by atoms with van der Waals surface area (Å²) in [6.45, 7) is 5.86. The first kappa shape index (κ1) is 15.3.